The van der Waals surface area contributed by atoms with E-state index in [9.17, 15) is 14.9 Å². The van der Waals surface area contributed by atoms with Crippen LogP contribution >= 0.6 is 0 Å². The van der Waals surface area contributed by atoms with Gasteiger partial charge in [0.2, 0.25) is 0 Å². The van der Waals surface area contributed by atoms with Gasteiger partial charge in [0, 0.05) is 51.7 Å². The summed E-state index contributed by atoms with van der Waals surface area (Å²) in [7, 11) is 1.73. The van der Waals surface area contributed by atoms with Gasteiger partial charge in [-0.05, 0) is 49.8 Å². The summed E-state index contributed by atoms with van der Waals surface area (Å²) in [6, 6.07) is 5.79. The molecule has 2 N–H and O–H groups in total. The van der Waals surface area contributed by atoms with Crippen molar-refractivity contribution in [1.82, 2.24) is 14.9 Å². The van der Waals surface area contributed by atoms with Gasteiger partial charge in [0.15, 0.2) is 6.29 Å². The number of fused-ring (bicyclic) bond motifs is 1. The minimum Gasteiger partial charge on any atom is -0.380 e. The predicted molar refractivity (Wildman–Crippen MR) is 141 cm³/mol. The minimum atomic E-state index is -0.383. The third-order valence-corrected chi connectivity index (χ3v) is 7.67. The van der Waals surface area contributed by atoms with Gasteiger partial charge in [0.05, 0.1) is 30.0 Å². The maximum absolute atomic E-state index is 13.3. The van der Waals surface area contributed by atoms with E-state index in [1.54, 1.807) is 18.1 Å². The van der Waals surface area contributed by atoms with E-state index < -0.39 is 0 Å². The highest BCUT2D eigenvalue weighted by Crippen LogP contribution is 2.30. The number of nitrogens with one attached hydrogen (secondary N) is 2. The number of hydrogen-bond donors (Lipinski definition) is 2. The summed E-state index contributed by atoms with van der Waals surface area (Å²) in [6.07, 6.45) is 5.75. The van der Waals surface area contributed by atoms with E-state index in [-0.39, 0.29) is 24.2 Å². The topological polar surface area (TPSA) is 133 Å². The van der Waals surface area contributed by atoms with Crippen molar-refractivity contribution in [3.05, 3.63) is 40.7 Å². The summed E-state index contributed by atoms with van der Waals surface area (Å²) in [4.78, 5) is 38.1. The number of ether oxygens (including phenoxy) is 2. The van der Waals surface area contributed by atoms with Crippen molar-refractivity contribution in [2.24, 2.45) is 0 Å². The third-order valence-electron chi connectivity index (χ3n) is 7.67. The van der Waals surface area contributed by atoms with E-state index in [4.69, 9.17) is 9.47 Å². The molecule has 5 rings (SSSR count). The normalized spacial score (nSPS) is 23.1. The first-order valence-corrected chi connectivity index (χ1v) is 13.1. The number of carbonyl (C=O) groups excluding carboxylic acids is 2. The predicted octanol–water partition coefficient (Wildman–Crippen LogP) is 2.96. The van der Waals surface area contributed by atoms with E-state index >= 15 is 0 Å². The number of pyridine rings is 2. The molecule has 2 fully saturated rings. The Kier molecular flexibility index (Phi) is 7.83. The maximum atomic E-state index is 13.3. The first kappa shape index (κ1) is 26.0. The summed E-state index contributed by atoms with van der Waals surface area (Å²) < 4.78 is 11.0. The zero-order chi connectivity index (χ0) is 26.6. The molecule has 0 saturated carbocycles. The Morgan fingerprint density at radius 3 is 2.92 bits per heavy atom. The van der Waals surface area contributed by atoms with Crippen LogP contribution in [0.1, 0.15) is 53.4 Å². The molecule has 3 aliphatic heterocycles. The van der Waals surface area contributed by atoms with Gasteiger partial charge in [0.1, 0.15) is 23.4 Å². The largest absolute Gasteiger partial charge is 0.380 e. The Balaban J connectivity index is 1.34. The molecule has 2 saturated heterocycles. The molecule has 11 nitrogen and oxygen atoms in total. The fraction of sp³-hybridized carbons (Fsp3) is 0.519. The molecule has 5 heterocycles. The average Bonchev–Trinajstić information content (AvgIpc) is 3.57. The number of carbonyl (C=O) groups is 2. The molecule has 2 unspecified atom stereocenters. The average molecular weight is 520 g/mol. The number of nitriles is 1. The van der Waals surface area contributed by atoms with E-state index in [0.717, 1.165) is 49.6 Å². The van der Waals surface area contributed by atoms with Crippen LogP contribution in [0.25, 0.3) is 0 Å². The Morgan fingerprint density at radius 2 is 2.21 bits per heavy atom. The fourth-order valence-electron chi connectivity index (χ4n) is 5.49. The zero-order valence-electron chi connectivity index (χ0n) is 21.8. The number of aldehydes is 1. The number of nitrogens with zero attached hydrogens (tertiary/aromatic N) is 5. The molecular formula is C27H33N7O4. The van der Waals surface area contributed by atoms with Crippen LogP contribution in [0.3, 0.4) is 0 Å². The zero-order valence-corrected chi connectivity index (χ0v) is 21.8. The number of methoxy groups -OCH3 is 1. The van der Waals surface area contributed by atoms with Crippen molar-refractivity contribution >= 4 is 29.6 Å². The van der Waals surface area contributed by atoms with Crippen molar-refractivity contribution in [2.45, 2.75) is 57.3 Å². The monoisotopic (exact) mass is 519 g/mol. The second-order valence-electron chi connectivity index (χ2n) is 10.0. The van der Waals surface area contributed by atoms with E-state index in [0.29, 0.717) is 54.9 Å². The number of urea groups is 1. The molecule has 3 aliphatic rings. The van der Waals surface area contributed by atoms with Crippen LogP contribution in [-0.4, -0.2) is 78.8 Å². The van der Waals surface area contributed by atoms with Crippen molar-refractivity contribution < 1.29 is 19.1 Å². The SMILES string of the molecule is COC1CCN(Cc2cc3c(nc2C=O)N(C(=O)Nc2cc(N[C@H]4CCOC4)c(C#N)cn2)CCC3)C1C. The lowest BCUT2D eigenvalue weighted by molar-refractivity contribution is 0.0712. The molecule has 11 heteroatoms. The molecule has 3 atom stereocenters. The molecule has 2 amide bonds. The second kappa shape index (κ2) is 11.4. The number of amides is 2. The lowest BCUT2D eigenvalue weighted by atomic mass is 10.0. The van der Waals surface area contributed by atoms with Crippen LogP contribution in [0.4, 0.5) is 22.1 Å². The summed E-state index contributed by atoms with van der Waals surface area (Å²) in [6.45, 7) is 5.35. The minimum absolute atomic E-state index is 0.103. The summed E-state index contributed by atoms with van der Waals surface area (Å²) in [5.41, 5.74) is 3.15. The number of rotatable bonds is 7. The summed E-state index contributed by atoms with van der Waals surface area (Å²) >= 11 is 0. The molecule has 200 valence electrons. The van der Waals surface area contributed by atoms with E-state index in [1.807, 2.05) is 6.07 Å². The molecule has 0 spiro atoms. The molecule has 0 aromatic carbocycles. The Hall–Kier alpha value is -3.59. The molecular weight excluding hydrogens is 486 g/mol. The van der Waals surface area contributed by atoms with Crippen LogP contribution in [-0.2, 0) is 22.4 Å². The summed E-state index contributed by atoms with van der Waals surface area (Å²) in [5, 5.41) is 15.6. The standard InChI is InChI=1S/C27H33N7O4/c1-17-24(37-2)5-8-33(17)14-19-10-18-4-3-7-34(26(18)31-23(19)15-35)27(36)32-25-11-22(20(12-28)13-29-25)30-21-6-9-38-16-21/h10-11,13,15,17,21,24H,3-9,14,16H2,1-2H3,(H2,29,30,32,36)/t17?,21-,24?/m0/s1. The van der Waals surface area contributed by atoms with Gasteiger partial charge in [0.25, 0.3) is 0 Å². The van der Waals surface area contributed by atoms with Gasteiger partial charge in [-0.25, -0.2) is 14.8 Å². The molecule has 38 heavy (non-hydrogen) atoms. The molecule has 0 radical (unpaired) electrons. The van der Waals surface area contributed by atoms with Crippen molar-refractivity contribution in [1.29, 1.82) is 5.26 Å². The molecule has 2 aromatic rings. The van der Waals surface area contributed by atoms with Gasteiger partial charge in [-0.1, -0.05) is 0 Å². The van der Waals surface area contributed by atoms with Crippen molar-refractivity contribution in [3.8, 4) is 6.07 Å². The second-order valence-corrected chi connectivity index (χ2v) is 10.0. The number of hydrogen-bond acceptors (Lipinski definition) is 9. The van der Waals surface area contributed by atoms with E-state index in [1.165, 1.54) is 6.20 Å². The smallest absolute Gasteiger partial charge is 0.328 e. The van der Waals surface area contributed by atoms with Gasteiger partial charge in [-0.3, -0.25) is 19.9 Å². The number of likely N-dealkylation sites (tertiary alicyclic amines) is 1. The van der Waals surface area contributed by atoms with Crippen LogP contribution in [0.5, 0.6) is 0 Å². The Bertz CT molecular complexity index is 1240. The number of anilines is 3. The highest BCUT2D eigenvalue weighted by Gasteiger charge is 2.32. The van der Waals surface area contributed by atoms with Gasteiger partial charge in [-0.2, -0.15) is 5.26 Å². The fourth-order valence-corrected chi connectivity index (χ4v) is 5.49. The van der Waals surface area contributed by atoms with E-state index in [2.05, 4.69) is 38.5 Å². The summed E-state index contributed by atoms with van der Waals surface area (Å²) in [5.74, 6) is 0.824. The lowest BCUT2D eigenvalue weighted by Crippen LogP contribution is -2.40. The Labute approximate surface area is 222 Å². The Morgan fingerprint density at radius 1 is 1.34 bits per heavy atom. The van der Waals surface area contributed by atoms with Gasteiger partial charge in [-0.15, -0.1) is 0 Å². The van der Waals surface area contributed by atoms with Crippen LogP contribution in [0.2, 0.25) is 0 Å². The number of aromatic nitrogens is 2. The van der Waals surface area contributed by atoms with Crippen molar-refractivity contribution in [3.63, 3.8) is 0 Å². The third kappa shape index (κ3) is 5.34. The van der Waals surface area contributed by atoms with Gasteiger partial charge >= 0.3 is 6.03 Å². The molecule has 0 bridgehead atoms. The quantitative estimate of drug-likeness (QED) is 0.530. The lowest BCUT2D eigenvalue weighted by Gasteiger charge is -2.30. The number of aryl methyl sites for hydroxylation is 1. The van der Waals surface area contributed by atoms with Crippen LogP contribution < -0.4 is 15.5 Å². The van der Waals surface area contributed by atoms with Crippen molar-refractivity contribution in [2.75, 3.05) is 48.9 Å². The van der Waals surface area contributed by atoms with Crippen LogP contribution in [0, 0.1) is 11.3 Å². The highest BCUT2D eigenvalue weighted by atomic mass is 16.5. The van der Waals surface area contributed by atoms with Gasteiger partial charge < -0.3 is 14.8 Å². The van der Waals surface area contributed by atoms with Crippen LogP contribution in [0.15, 0.2) is 18.3 Å². The molecule has 0 aliphatic carbocycles. The maximum Gasteiger partial charge on any atom is 0.328 e. The molecule has 2 aromatic heterocycles. The first-order chi connectivity index (χ1) is 18.5. The first-order valence-electron chi connectivity index (χ1n) is 13.1. The highest BCUT2D eigenvalue weighted by molar-refractivity contribution is 6.01.